The lowest BCUT2D eigenvalue weighted by Crippen LogP contribution is -2.41. The van der Waals surface area contributed by atoms with E-state index in [2.05, 4.69) is 21.8 Å². The normalized spacial score (nSPS) is 20.6. The van der Waals surface area contributed by atoms with Crippen LogP contribution >= 0.6 is 0 Å². The van der Waals surface area contributed by atoms with Crippen LogP contribution in [0.2, 0.25) is 0 Å². The van der Waals surface area contributed by atoms with Crippen molar-refractivity contribution in [2.75, 3.05) is 13.1 Å². The summed E-state index contributed by atoms with van der Waals surface area (Å²) in [5.41, 5.74) is 0.495. The first-order chi connectivity index (χ1) is 13.1. The summed E-state index contributed by atoms with van der Waals surface area (Å²) in [6, 6.07) is 5.09. The second-order valence-corrected chi connectivity index (χ2v) is 7.70. The summed E-state index contributed by atoms with van der Waals surface area (Å²) in [5.74, 6) is 0.809. The van der Waals surface area contributed by atoms with E-state index in [1.165, 1.54) is 10.6 Å². The van der Waals surface area contributed by atoms with Crippen LogP contribution in [0.3, 0.4) is 0 Å². The van der Waals surface area contributed by atoms with Crippen LogP contribution in [0.25, 0.3) is 0 Å². The van der Waals surface area contributed by atoms with Crippen molar-refractivity contribution in [1.82, 2.24) is 24.3 Å². The van der Waals surface area contributed by atoms with Crippen molar-refractivity contribution in [3.8, 4) is 0 Å². The molecular formula is C20H27N5O2. The second kappa shape index (κ2) is 6.96. The topological polar surface area (TPSA) is 72.2 Å². The van der Waals surface area contributed by atoms with Gasteiger partial charge in [0.2, 0.25) is 0 Å². The van der Waals surface area contributed by atoms with E-state index in [0.717, 1.165) is 44.7 Å². The Labute approximate surface area is 159 Å². The number of hydrogen-bond donors (Lipinski definition) is 1. The average molecular weight is 369 g/mol. The van der Waals surface area contributed by atoms with Crippen LogP contribution < -0.4 is 10.9 Å². The summed E-state index contributed by atoms with van der Waals surface area (Å²) in [4.78, 5) is 31.9. The number of aromatic nitrogens is 3. The highest BCUT2D eigenvalue weighted by Gasteiger charge is 2.58. The average Bonchev–Trinajstić information content (AvgIpc) is 3.15. The number of imidazole rings is 1. The number of nitrogens with one attached hydrogen (secondary N) is 1. The quantitative estimate of drug-likeness (QED) is 0.864. The van der Waals surface area contributed by atoms with E-state index in [9.17, 15) is 9.59 Å². The van der Waals surface area contributed by atoms with Gasteiger partial charge in [0.25, 0.3) is 11.5 Å². The Hall–Kier alpha value is -2.41. The largest absolute Gasteiger partial charge is 0.334 e. The number of amides is 1. The van der Waals surface area contributed by atoms with E-state index in [-0.39, 0.29) is 22.9 Å². The zero-order valence-corrected chi connectivity index (χ0v) is 16.0. The Balaban J connectivity index is 1.67. The highest BCUT2D eigenvalue weighted by atomic mass is 16.2. The molecule has 0 aromatic carbocycles. The molecule has 1 atom stereocenters. The highest BCUT2D eigenvalue weighted by Crippen LogP contribution is 2.56. The second-order valence-electron chi connectivity index (χ2n) is 7.70. The number of nitrogens with zero attached hydrogens (tertiary/aromatic N) is 4. The van der Waals surface area contributed by atoms with E-state index in [4.69, 9.17) is 0 Å². The molecular weight excluding hydrogens is 342 g/mol. The molecule has 7 nitrogen and oxygen atoms in total. The molecule has 0 radical (unpaired) electrons. The summed E-state index contributed by atoms with van der Waals surface area (Å²) in [6.45, 7) is 5.38. The molecule has 7 heteroatoms. The fourth-order valence-corrected chi connectivity index (χ4v) is 4.41. The molecule has 1 N–H and O–H groups in total. The third-order valence-electron chi connectivity index (χ3n) is 6.24. The van der Waals surface area contributed by atoms with E-state index in [1.54, 1.807) is 25.4 Å². The van der Waals surface area contributed by atoms with Crippen molar-refractivity contribution < 1.29 is 4.79 Å². The monoisotopic (exact) mass is 369 g/mol. The van der Waals surface area contributed by atoms with Crippen LogP contribution in [-0.4, -0.2) is 44.1 Å². The van der Waals surface area contributed by atoms with Gasteiger partial charge in [-0.3, -0.25) is 9.59 Å². The van der Waals surface area contributed by atoms with Gasteiger partial charge >= 0.3 is 0 Å². The number of piperidine rings is 1. The van der Waals surface area contributed by atoms with Crippen LogP contribution in [0, 0.1) is 5.41 Å². The zero-order chi connectivity index (χ0) is 19.0. The van der Waals surface area contributed by atoms with Gasteiger partial charge in [-0.1, -0.05) is 6.07 Å². The summed E-state index contributed by atoms with van der Waals surface area (Å²) >= 11 is 0. The molecule has 2 aromatic heterocycles. The summed E-state index contributed by atoms with van der Waals surface area (Å²) in [7, 11) is 1.66. The zero-order valence-electron chi connectivity index (χ0n) is 16.0. The van der Waals surface area contributed by atoms with Crippen molar-refractivity contribution in [3.05, 3.63) is 52.5 Å². The molecule has 27 heavy (non-hydrogen) atoms. The molecule has 144 valence electrons. The number of pyridine rings is 1. The summed E-state index contributed by atoms with van der Waals surface area (Å²) < 4.78 is 3.51. The van der Waals surface area contributed by atoms with Gasteiger partial charge in [0.05, 0.1) is 6.54 Å². The van der Waals surface area contributed by atoms with Gasteiger partial charge < -0.3 is 19.4 Å². The highest BCUT2D eigenvalue weighted by molar-refractivity contribution is 5.93. The minimum Gasteiger partial charge on any atom is -0.334 e. The molecule has 2 fully saturated rings. The molecule has 3 heterocycles. The molecule has 1 saturated heterocycles. The van der Waals surface area contributed by atoms with Crippen LogP contribution in [-0.2, 0) is 20.1 Å². The Morgan fingerprint density at radius 2 is 2.15 bits per heavy atom. The van der Waals surface area contributed by atoms with Crippen molar-refractivity contribution in [2.45, 2.75) is 45.3 Å². The summed E-state index contributed by atoms with van der Waals surface area (Å²) in [5, 5.41) is 3.42. The molecule has 1 saturated carbocycles. The molecule has 2 aliphatic rings. The fraction of sp³-hybridized carbons (Fsp3) is 0.550. The Morgan fingerprint density at radius 1 is 1.37 bits per heavy atom. The number of rotatable bonds is 5. The Kier molecular flexibility index (Phi) is 4.63. The molecule has 0 bridgehead atoms. The number of hydrogen-bond acceptors (Lipinski definition) is 4. The maximum Gasteiger partial charge on any atom is 0.271 e. The lowest BCUT2D eigenvalue weighted by Gasteiger charge is -2.30. The van der Waals surface area contributed by atoms with Crippen molar-refractivity contribution in [1.29, 1.82) is 0 Å². The van der Waals surface area contributed by atoms with Crippen LogP contribution in [0.15, 0.2) is 35.4 Å². The van der Waals surface area contributed by atoms with Crippen molar-refractivity contribution in [3.63, 3.8) is 0 Å². The number of carbonyl (C=O) groups excluding carboxylic acids is 1. The van der Waals surface area contributed by atoms with E-state index in [0.29, 0.717) is 12.2 Å². The molecule has 1 unspecified atom stereocenters. The van der Waals surface area contributed by atoms with E-state index < -0.39 is 0 Å². The smallest absolute Gasteiger partial charge is 0.271 e. The molecule has 1 aliphatic heterocycles. The van der Waals surface area contributed by atoms with Gasteiger partial charge in [-0.05, 0) is 50.8 Å². The van der Waals surface area contributed by atoms with Crippen LogP contribution in [0.4, 0.5) is 0 Å². The molecule has 4 rings (SSSR count). The molecule has 1 amide bonds. The minimum atomic E-state index is -0.164. The SMILES string of the molecule is CCn1ccnc1CN(C(=O)c1cccc(=O)n1C)C1CC12CCNCC2. The fourth-order valence-electron chi connectivity index (χ4n) is 4.41. The first kappa shape index (κ1) is 18.0. The Bertz CT molecular complexity index is 894. The predicted octanol–water partition coefficient (Wildman–Crippen LogP) is 1.39. The Morgan fingerprint density at radius 3 is 2.89 bits per heavy atom. The minimum absolute atomic E-state index is 0.0822. The lowest BCUT2D eigenvalue weighted by atomic mass is 9.93. The van der Waals surface area contributed by atoms with E-state index in [1.807, 2.05) is 11.1 Å². The third-order valence-corrected chi connectivity index (χ3v) is 6.24. The van der Waals surface area contributed by atoms with Gasteiger partial charge in [-0.25, -0.2) is 4.98 Å². The molecule has 1 aliphatic carbocycles. The van der Waals surface area contributed by atoms with Gasteiger partial charge in [0.15, 0.2) is 0 Å². The third kappa shape index (κ3) is 3.20. The number of aryl methyl sites for hydroxylation is 1. The maximum atomic E-state index is 13.5. The maximum absolute atomic E-state index is 13.5. The molecule has 2 aromatic rings. The van der Waals surface area contributed by atoms with Gasteiger partial charge in [0.1, 0.15) is 11.5 Å². The van der Waals surface area contributed by atoms with Gasteiger partial charge in [-0.15, -0.1) is 0 Å². The first-order valence-electron chi connectivity index (χ1n) is 9.73. The van der Waals surface area contributed by atoms with Gasteiger partial charge in [-0.2, -0.15) is 0 Å². The van der Waals surface area contributed by atoms with Crippen LogP contribution in [0.5, 0.6) is 0 Å². The standard InChI is InChI=1S/C20H27N5O2/c1-3-24-12-11-22-17(24)14-25(16-13-20(16)7-9-21-10-8-20)19(27)15-5-4-6-18(26)23(15)2/h4-6,11-12,16,21H,3,7-10,13-14H2,1-2H3. The van der Waals surface area contributed by atoms with Crippen molar-refractivity contribution >= 4 is 5.91 Å². The van der Waals surface area contributed by atoms with Crippen molar-refractivity contribution in [2.24, 2.45) is 12.5 Å². The number of carbonyl (C=O) groups is 1. The van der Waals surface area contributed by atoms with Gasteiger partial charge in [0, 0.05) is 38.1 Å². The molecule has 1 spiro atoms. The van der Waals surface area contributed by atoms with Crippen LogP contribution in [0.1, 0.15) is 42.5 Å². The van der Waals surface area contributed by atoms with E-state index >= 15 is 0 Å². The summed E-state index contributed by atoms with van der Waals surface area (Å²) in [6.07, 6.45) is 6.96. The lowest BCUT2D eigenvalue weighted by molar-refractivity contribution is 0.0673. The first-order valence-corrected chi connectivity index (χ1v) is 9.73. The predicted molar refractivity (Wildman–Crippen MR) is 102 cm³/mol.